The van der Waals surface area contributed by atoms with Crippen LogP contribution in [0, 0.1) is 5.92 Å². The molecule has 0 bridgehead atoms. The Labute approximate surface area is 111 Å². The summed E-state index contributed by atoms with van der Waals surface area (Å²) in [6.45, 7) is 4.01. The summed E-state index contributed by atoms with van der Waals surface area (Å²) in [6.07, 6.45) is 9.90. The molecule has 0 saturated heterocycles. The molecule has 2 heterocycles. The van der Waals surface area contributed by atoms with Crippen LogP contribution in [0.4, 0.5) is 5.69 Å². The van der Waals surface area contributed by atoms with Crippen molar-refractivity contribution in [2.75, 3.05) is 5.32 Å². The van der Waals surface area contributed by atoms with Gasteiger partial charge in [-0.2, -0.15) is 0 Å². The second-order valence-electron chi connectivity index (χ2n) is 4.24. The van der Waals surface area contributed by atoms with Crippen molar-refractivity contribution in [2.24, 2.45) is 5.92 Å². The molecule has 0 unspecified atom stereocenters. The summed E-state index contributed by atoms with van der Waals surface area (Å²) in [4.78, 5) is 24.2. The highest BCUT2D eigenvalue weighted by molar-refractivity contribution is 5.92. The van der Waals surface area contributed by atoms with Crippen LogP contribution in [0.15, 0.2) is 31.1 Å². The van der Waals surface area contributed by atoms with E-state index in [1.54, 1.807) is 35.7 Å². The van der Waals surface area contributed by atoms with Gasteiger partial charge in [-0.05, 0) is 12.8 Å². The highest BCUT2D eigenvalue weighted by Crippen LogP contribution is 2.12. The maximum atomic E-state index is 11.9. The molecule has 0 aliphatic carbocycles. The molecule has 0 aromatic carbocycles. The minimum atomic E-state index is 0.0176. The number of hydrogen-bond acceptors (Lipinski definition) is 4. The molecular formula is C13H17N5O. The molecule has 2 aromatic heterocycles. The van der Waals surface area contributed by atoms with Gasteiger partial charge in [-0.25, -0.2) is 15.0 Å². The predicted molar refractivity (Wildman–Crippen MR) is 71.9 cm³/mol. The summed E-state index contributed by atoms with van der Waals surface area (Å²) in [5.41, 5.74) is 0.612. The Morgan fingerprint density at radius 3 is 2.53 bits per heavy atom. The van der Waals surface area contributed by atoms with Gasteiger partial charge in [0.2, 0.25) is 11.9 Å². The summed E-state index contributed by atoms with van der Waals surface area (Å²) in [5, 5.41) is 2.83. The number of anilines is 1. The lowest BCUT2D eigenvalue weighted by Crippen LogP contribution is -2.21. The van der Waals surface area contributed by atoms with Gasteiger partial charge >= 0.3 is 0 Å². The summed E-state index contributed by atoms with van der Waals surface area (Å²) in [5.74, 6) is 0.579. The first kappa shape index (κ1) is 13.2. The number of carbonyl (C=O) groups excluding carboxylic acids is 1. The van der Waals surface area contributed by atoms with E-state index in [4.69, 9.17) is 0 Å². The van der Waals surface area contributed by atoms with Crippen LogP contribution in [0.3, 0.4) is 0 Å². The Kier molecular flexibility index (Phi) is 4.22. The molecule has 1 N–H and O–H groups in total. The zero-order valence-electron chi connectivity index (χ0n) is 11.1. The number of hydrogen-bond donors (Lipinski definition) is 1. The van der Waals surface area contributed by atoms with Crippen molar-refractivity contribution < 1.29 is 4.79 Å². The number of amides is 1. The maximum absolute atomic E-state index is 11.9. The Hall–Kier alpha value is -2.24. The van der Waals surface area contributed by atoms with Gasteiger partial charge in [0, 0.05) is 18.3 Å². The Morgan fingerprint density at radius 2 is 2.00 bits per heavy atom. The predicted octanol–water partition coefficient (Wildman–Crippen LogP) is 2.04. The monoisotopic (exact) mass is 259 g/mol. The molecule has 2 rings (SSSR count). The zero-order chi connectivity index (χ0) is 13.7. The van der Waals surface area contributed by atoms with Gasteiger partial charge in [-0.3, -0.25) is 9.36 Å². The second kappa shape index (κ2) is 6.08. The van der Waals surface area contributed by atoms with E-state index in [1.807, 2.05) is 13.8 Å². The second-order valence-corrected chi connectivity index (χ2v) is 4.24. The van der Waals surface area contributed by atoms with Crippen molar-refractivity contribution in [3.63, 3.8) is 0 Å². The van der Waals surface area contributed by atoms with Crippen molar-refractivity contribution >= 4 is 11.6 Å². The zero-order valence-corrected chi connectivity index (χ0v) is 11.1. The molecule has 0 spiro atoms. The van der Waals surface area contributed by atoms with Crippen LogP contribution in [0.25, 0.3) is 5.95 Å². The highest BCUT2D eigenvalue weighted by atomic mass is 16.1. The van der Waals surface area contributed by atoms with E-state index >= 15 is 0 Å². The molecule has 0 fully saturated rings. The van der Waals surface area contributed by atoms with Crippen molar-refractivity contribution in [3.05, 3.63) is 31.1 Å². The molecule has 0 aliphatic rings. The fourth-order valence-electron chi connectivity index (χ4n) is 1.80. The van der Waals surface area contributed by atoms with Gasteiger partial charge in [0.1, 0.15) is 6.33 Å². The van der Waals surface area contributed by atoms with E-state index in [9.17, 15) is 4.79 Å². The Bertz CT molecular complexity index is 516. The van der Waals surface area contributed by atoms with E-state index in [0.29, 0.717) is 11.6 Å². The number of carbonyl (C=O) groups is 1. The van der Waals surface area contributed by atoms with Crippen LogP contribution >= 0.6 is 0 Å². The lowest BCUT2D eigenvalue weighted by Gasteiger charge is -2.12. The number of nitrogens with one attached hydrogen (secondary N) is 1. The Morgan fingerprint density at radius 1 is 1.32 bits per heavy atom. The van der Waals surface area contributed by atoms with Gasteiger partial charge in [0.25, 0.3) is 0 Å². The summed E-state index contributed by atoms with van der Waals surface area (Å²) < 4.78 is 1.70. The first-order valence-corrected chi connectivity index (χ1v) is 6.35. The van der Waals surface area contributed by atoms with Crippen LogP contribution in [0.2, 0.25) is 0 Å². The van der Waals surface area contributed by atoms with Gasteiger partial charge in [0.15, 0.2) is 0 Å². The molecule has 0 aliphatic heterocycles. The summed E-state index contributed by atoms with van der Waals surface area (Å²) >= 11 is 0. The van der Waals surface area contributed by atoms with Crippen molar-refractivity contribution in [3.8, 4) is 5.95 Å². The fraction of sp³-hybridized carbons (Fsp3) is 0.385. The third-order valence-corrected chi connectivity index (χ3v) is 3.00. The van der Waals surface area contributed by atoms with Crippen LogP contribution < -0.4 is 5.32 Å². The number of nitrogens with zero attached hydrogens (tertiary/aromatic N) is 4. The van der Waals surface area contributed by atoms with Crippen LogP contribution in [-0.4, -0.2) is 25.4 Å². The Balaban J connectivity index is 2.05. The third-order valence-electron chi connectivity index (χ3n) is 3.00. The topological polar surface area (TPSA) is 72.7 Å². The molecule has 2 aromatic rings. The van der Waals surface area contributed by atoms with Crippen LogP contribution in [0.5, 0.6) is 0 Å². The lowest BCUT2D eigenvalue weighted by molar-refractivity contribution is -0.120. The molecule has 0 saturated carbocycles. The van der Waals surface area contributed by atoms with E-state index in [-0.39, 0.29) is 11.8 Å². The average molecular weight is 259 g/mol. The molecule has 19 heavy (non-hydrogen) atoms. The normalized spacial score (nSPS) is 10.7. The van der Waals surface area contributed by atoms with E-state index in [0.717, 1.165) is 12.8 Å². The van der Waals surface area contributed by atoms with Crippen molar-refractivity contribution in [2.45, 2.75) is 26.7 Å². The van der Waals surface area contributed by atoms with Crippen LogP contribution in [-0.2, 0) is 4.79 Å². The highest BCUT2D eigenvalue weighted by Gasteiger charge is 2.14. The van der Waals surface area contributed by atoms with Crippen LogP contribution in [0.1, 0.15) is 26.7 Å². The summed E-state index contributed by atoms with van der Waals surface area (Å²) in [7, 11) is 0. The molecule has 1 amide bonds. The quantitative estimate of drug-likeness (QED) is 0.891. The largest absolute Gasteiger partial charge is 0.323 e. The fourth-order valence-corrected chi connectivity index (χ4v) is 1.80. The molecule has 6 heteroatoms. The van der Waals surface area contributed by atoms with E-state index in [2.05, 4.69) is 20.3 Å². The van der Waals surface area contributed by atoms with Gasteiger partial charge in [-0.15, -0.1) is 0 Å². The number of aromatic nitrogens is 4. The smallest absolute Gasteiger partial charge is 0.234 e. The van der Waals surface area contributed by atoms with E-state index in [1.165, 1.54) is 0 Å². The molecular weight excluding hydrogens is 242 g/mol. The van der Waals surface area contributed by atoms with Gasteiger partial charge in [0.05, 0.1) is 18.1 Å². The van der Waals surface area contributed by atoms with Gasteiger partial charge in [-0.1, -0.05) is 13.8 Å². The summed E-state index contributed by atoms with van der Waals surface area (Å²) in [6, 6.07) is 0. The van der Waals surface area contributed by atoms with Crippen molar-refractivity contribution in [1.82, 2.24) is 19.5 Å². The lowest BCUT2D eigenvalue weighted by atomic mass is 10.0. The molecule has 6 nitrogen and oxygen atoms in total. The first-order chi connectivity index (χ1) is 9.24. The first-order valence-electron chi connectivity index (χ1n) is 6.35. The minimum Gasteiger partial charge on any atom is -0.323 e. The molecule has 0 radical (unpaired) electrons. The molecule has 0 atom stereocenters. The van der Waals surface area contributed by atoms with Gasteiger partial charge < -0.3 is 5.32 Å². The minimum absolute atomic E-state index is 0.0176. The number of rotatable bonds is 5. The molecule has 100 valence electrons. The number of imidazole rings is 1. The average Bonchev–Trinajstić information content (AvgIpc) is 2.95. The maximum Gasteiger partial charge on any atom is 0.234 e. The van der Waals surface area contributed by atoms with Crippen molar-refractivity contribution in [1.29, 1.82) is 0 Å². The SMILES string of the molecule is CCC(CC)C(=O)Nc1cnc(-n2ccnc2)nc1. The standard InChI is InChI=1S/C13H17N5O/c1-3-10(4-2)12(19)17-11-7-15-13(16-8-11)18-6-5-14-9-18/h5-10H,3-4H2,1-2H3,(H,17,19). The van der Waals surface area contributed by atoms with E-state index < -0.39 is 0 Å². The third kappa shape index (κ3) is 3.15.